The van der Waals surface area contributed by atoms with Crippen molar-refractivity contribution in [2.75, 3.05) is 26.1 Å². The quantitative estimate of drug-likeness (QED) is 0.691. The second-order valence-corrected chi connectivity index (χ2v) is 7.09. The van der Waals surface area contributed by atoms with E-state index in [1.165, 1.54) is 29.7 Å². The van der Waals surface area contributed by atoms with Gasteiger partial charge in [-0.3, -0.25) is 0 Å². The minimum absolute atomic E-state index is 0.834. The van der Waals surface area contributed by atoms with E-state index in [4.69, 9.17) is 14.6 Å². The van der Waals surface area contributed by atoms with Crippen LogP contribution in [0.5, 0.6) is 11.5 Å². The SMILES string of the molecule is COc1ccc(CCc2nn(-c3ccccc3OC)c3c2CCCCN3)cc1. The Morgan fingerprint density at radius 2 is 1.79 bits per heavy atom. The Morgan fingerprint density at radius 1 is 0.964 bits per heavy atom. The molecule has 4 rings (SSSR count). The zero-order valence-corrected chi connectivity index (χ0v) is 16.6. The molecule has 28 heavy (non-hydrogen) atoms. The van der Waals surface area contributed by atoms with E-state index in [1.54, 1.807) is 14.2 Å². The van der Waals surface area contributed by atoms with E-state index in [2.05, 4.69) is 23.5 Å². The number of ether oxygens (including phenoxy) is 2. The van der Waals surface area contributed by atoms with Gasteiger partial charge in [-0.25, -0.2) is 4.68 Å². The van der Waals surface area contributed by atoms with Crippen molar-refractivity contribution in [3.8, 4) is 17.2 Å². The number of hydrogen-bond donors (Lipinski definition) is 1. The van der Waals surface area contributed by atoms with Crippen molar-refractivity contribution in [1.82, 2.24) is 9.78 Å². The minimum atomic E-state index is 0.834. The maximum Gasteiger partial charge on any atom is 0.144 e. The largest absolute Gasteiger partial charge is 0.497 e. The van der Waals surface area contributed by atoms with Crippen molar-refractivity contribution >= 4 is 5.82 Å². The number of benzene rings is 2. The topological polar surface area (TPSA) is 48.3 Å². The lowest BCUT2D eigenvalue weighted by Crippen LogP contribution is -2.08. The summed E-state index contributed by atoms with van der Waals surface area (Å²) in [7, 11) is 3.40. The molecule has 0 atom stereocenters. The number of methoxy groups -OCH3 is 2. The molecule has 0 saturated carbocycles. The second kappa shape index (κ2) is 8.38. The van der Waals surface area contributed by atoms with Gasteiger partial charge in [-0.05, 0) is 61.9 Å². The van der Waals surface area contributed by atoms with Gasteiger partial charge in [0.25, 0.3) is 0 Å². The van der Waals surface area contributed by atoms with Crippen LogP contribution in [-0.2, 0) is 19.3 Å². The van der Waals surface area contributed by atoms with Crippen molar-refractivity contribution in [2.45, 2.75) is 32.1 Å². The molecule has 2 heterocycles. The number of hydrogen-bond acceptors (Lipinski definition) is 4. The molecule has 1 N–H and O–H groups in total. The third kappa shape index (κ3) is 3.70. The van der Waals surface area contributed by atoms with Crippen LogP contribution in [0.15, 0.2) is 48.5 Å². The molecule has 1 aliphatic rings. The third-order valence-electron chi connectivity index (χ3n) is 5.34. The van der Waals surface area contributed by atoms with Gasteiger partial charge >= 0.3 is 0 Å². The van der Waals surface area contributed by atoms with Crippen LogP contribution in [0.25, 0.3) is 5.69 Å². The van der Waals surface area contributed by atoms with Crippen molar-refractivity contribution in [3.05, 3.63) is 65.4 Å². The summed E-state index contributed by atoms with van der Waals surface area (Å²) in [5.41, 5.74) is 4.79. The van der Waals surface area contributed by atoms with Gasteiger partial charge < -0.3 is 14.8 Å². The maximum atomic E-state index is 5.58. The molecule has 1 aromatic heterocycles. The molecule has 0 bridgehead atoms. The highest BCUT2D eigenvalue weighted by Gasteiger charge is 2.21. The molecule has 1 aliphatic heterocycles. The van der Waals surface area contributed by atoms with E-state index in [0.29, 0.717) is 0 Å². The van der Waals surface area contributed by atoms with Crippen LogP contribution in [0.2, 0.25) is 0 Å². The van der Waals surface area contributed by atoms with Gasteiger partial charge in [0.15, 0.2) is 0 Å². The smallest absolute Gasteiger partial charge is 0.144 e. The zero-order valence-electron chi connectivity index (χ0n) is 16.6. The summed E-state index contributed by atoms with van der Waals surface area (Å²) in [5, 5.41) is 8.62. The molecule has 0 fully saturated rings. The number of rotatable bonds is 6. The number of anilines is 1. The van der Waals surface area contributed by atoms with Crippen molar-refractivity contribution in [1.29, 1.82) is 0 Å². The van der Waals surface area contributed by atoms with Crippen LogP contribution in [0, 0.1) is 0 Å². The Kier molecular flexibility index (Phi) is 5.51. The maximum absolute atomic E-state index is 5.58. The lowest BCUT2D eigenvalue weighted by Gasteiger charge is -2.12. The average molecular weight is 377 g/mol. The second-order valence-electron chi connectivity index (χ2n) is 7.09. The van der Waals surface area contributed by atoms with Gasteiger partial charge in [-0.1, -0.05) is 24.3 Å². The molecule has 146 valence electrons. The van der Waals surface area contributed by atoms with Crippen LogP contribution in [-0.4, -0.2) is 30.5 Å². The lowest BCUT2D eigenvalue weighted by atomic mass is 10.0. The molecular formula is C23H27N3O2. The van der Waals surface area contributed by atoms with Gasteiger partial charge in [-0.15, -0.1) is 0 Å². The summed E-state index contributed by atoms with van der Waals surface area (Å²) in [5.74, 6) is 2.84. The molecule has 3 aromatic rings. The first-order chi connectivity index (χ1) is 13.8. The van der Waals surface area contributed by atoms with Gasteiger partial charge in [0.05, 0.1) is 19.9 Å². The first-order valence-corrected chi connectivity index (χ1v) is 9.91. The minimum Gasteiger partial charge on any atom is -0.497 e. The van der Waals surface area contributed by atoms with Gasteiger partial charge in [0.1, 0.15) is 23.0 Å². The van der Waals surface area contributed by atoms with Gasteiger partial charge in [0.2, 0.25) is 0 Å². The van der Waals surface area contributed by atoms with Crippen molar-refractivity contribution in [2.24, 2.45) is 0 Å². The normalized spacial score (nSPS) is 13.4. The predicted molar refractivity (Wildman–Crippen MR) is 112 cm³/mol. The van der Waals surface area contributed by atoms with Crippen molar-refractivity contribution in [3.63, 3.8) is 0 Å². The molecule has 5 heteroatoms. The average Bonchev–Trinajstić information content (AvgIpc) is 2.91. The van der Waals surface area contributed by atoms with Crippen LogP contribution in [0.1, 0.15) is 29.7 Å². The van der Waals surface area contributed by atoms with E-state index in [9.17, 15) is 0 Å². The van der Waals surface area contributed by atoms with Crippen LogP contribution < -0.4 is 14.8 Å². The molecule has 0 aliphatic carbocycles. The number of aromatic nitrogens is 2. The highest BCUT2D eigenvalue weighted by molar-refractivity contribution is 5.58. The Balaban J connectivity index is 1.66. The fourth-order valence-corrected chi connectivity index (χ4v) is 3.81. The summed E-state index contributed by atoms with van der Waals surface area (Å²) < 4.78 is 12.9. The van der Waals surface area contributed by atoms with Crippen LogP contribution >= 0.6 is 0 Å². The summed E-state index contributed by atoms with van der Waals surface area (Å²) >= 11 is 0. The number of aryl methyl sites for hydroxylation is 2. The molecule has 5 nitrogen and oxygen atoms in total. The van der Waals surface area contributed by atoms with Gasteiger partial charge in [0, 0.05) is 12.1 Å². The van der Waals surface area contributed by atoms with Crippen LogP contribution in [0.4, 0.5) is 5.82 Å². The molecule has 0 radical (unpaired) electrons. The summed E-state index contributed by atoms with van der Waals surface area (Å²) in [6, 6.07) is 16.4. The predicted octanol–water partition coefficient (Wildman–Crippen LogP) is 4.42. The fourth-order valence-electron chi connectivity index (χ4n) is 3.81. The molecule has 0 amide bonds. The van der Waals surface area contributed by atoms with E-state index in [0.717, 1.165) is 48.8 Å². The molecule has 0 saturated heterocycles. The van der Waals surface area contributed by atoms with Crippen molar-refractivity contribution < 1.29 is 9.47 Å². The molecular weight excluding hydrogens is 350 g/mol. The Morgan fingerprint density at radius 3 is 2.57 bits per heavy atom. The summed E-state index contributed by atoms with van der Waals surface area (Å²) in [6.45, 7) is 0.978. The number of para-hydroxylation sites is 2. The first-order valence-electron chi connectivity index (χ1n) is 9.91. The van der Waals surface area contributed by atoms with E-state index in [1.807, 2.05) is 35.0 Å². The summed E-state index contributed by atoms with van der Waals surface area (Å²) in [6.07, 6.45) is 5.30. The Hall–Kier alpha value is -2.95. The summed E-state index contributed by atoms with van der Waals surface area (Å²) in [4.78, 5) is 0. The standard InChI is InChI=1S/C23H27N3O2/c1-27-18-13-10-17(11-14-18)12-15-20-19-7-5-6-16-24-23(19)26(25-20)21-8-3-4-9-22(21)28-2/h3-4,8-11,13-14,24H,5-7,12,15-16H2,1-2H3. The molecule has 0 spiro atoms. The molecule has 2 aromatic carbocycles. The zero-order chi connectivity index (χ0) is 19.3. The van der Waals surface area contributed by atoms with E-state index in [-0.39, 0.29) is 0 Å². The first kappa shape index (κ1) is 18.4. The third-order valence-corrected chi connectivity index (χ3v) is 5.34. The monoisotopic (exact) mass is 377 g/mol. The number of fused-ring (bicyclic) bond motifs is 1. The highest BCUT2D eigenvalue weighted by atomic mass is 16.5. The van der Waals surface area contributed by atoms with Gasteiger partial charge in [-0.2, -0.15) is 5.10 Å². The van der Waals surface area contributed by atoms with E-state index >= 15 is 0 Å². The Labute approximate surface area is 166 Å². The number of nitrogens with zero attached hydrogens (tertiary/aromatic N) is 2. The lowest BCUT2D eigenvalue weighted by molar-refractivity contribution is 0.412. The van der Waals surface area contributed by atoms with Crippen LogP contribution in [0.3, 0.4) is 0 Å². The molecule has 0 unspecified atom stereocenters. The van der Waals surface area contributed by atoms with E-state index < -0.39 is 0 Å². The Bertz CT molecular complexity index is 932. The fraction of sp³-hybridized carbons (Fsp3) is 0.348. The number of nitrogens with one attached hydrogen (secondary N) is 1. The highest BCUT2D eigenvalue weighted by Crippen LogP contribution is 2.32.